The Kier molecular flexibility index (Phi) is 17.2. The van der Waals surface area contributed by atoms with Gasteiger partial charge in [0.25, 0.3) is 23.3 Å². The highest BCUT2D eigenvalue weighted by molar-refractivity contribution is 6.08. The number of carbonyl (C=O) groups excluding carboxylic acids is 3. The van der Waals surface area contributed by atoms with Gasteiger partial charge in [0.05, 0.1) is 130 Å². The molecule has 9 aromatic heterocycles. The molecule has 2 atom stereocenters. The van der Waals surface area contributed by atoms with Crippen molar-refractivity contribution >= 4 is 86.2 Å². The number of fused-ring (bicyclic) bond motifs is 6. The minimum atomic E-state index is -0.291. The number of rotatable bonds is 12. The number of anilines is 9. The summed E-state index contributed by atoms with van der Waals surface area (Å²) in [6, 6.07) is 27.5. The molecule has 0 unspecified atom stereocenters. The number of nitrogens with one attached hydrogen (secondary N) is 6. The maximum absolute atomic E-state index is 12.8. The van der Waals surface area contributed by atoms with Crippen molar-refractivity contribution in [2.75, 3.05) is 69.9 Å². The van der Waals surface area contributed by atoms with Crippen LogP contribution in [-0.2, 0) is 26.7 Å². The van der Waals surface area contributed by atoms with E-state index >= 15 is 0 Å². The number of pyridine rings is 4. The lowest BCUT2D eigenvalue weighted by Gasteiger charge is -2.31. The zero-order valence-corrected chi connectivity index (χ0v) is 56.1. The molecule has 15 heterocycles. The molecule has 3 fully saturated rings. The Balaban J connectivity index is 0.000000118. The van der Waals surface area contributed by atoms with Crippen LogP contribution in [0.2, 0.25) is 0 Å². The highest BCUT2D eigenvalue weighted by Gasteiger charge is 2.32. The number of amides is 3. The number of aryl methyl sites for hydroxylation is 2. The fourth-order valence-corrected chi connectivity index (χ4v) is 14.5. The van der Waals surface area contributed by atoms with Gasteiger partial charge in [0.1, 0.15) is 23.1 Å². The molecule has 3 amide bonds. The van der Waals surface area contributed by atoms with Gasteiger partial charge in [0.15, 0.2) is 5.65 Å². The van der Waals surface area contributed by atoms with Gasteiger partial charge in [-0.1, -0.05) is 18.2 Å². The Bertz CT molecular complexity index is 5280. The monoisotopic (exact) mass is 1370 g/mol. The summed E-state index contributed by atoms with van der Waals surface area (Å²) >= 11 is 0. The number of aliphatic hydroxyl groups excluding tert-OH is 3. The van der Waals surface area contributed by atoms with E-state index in [1.807, 2.05) is 127 Å². The molecule has 3 saturated heterocycles. The summed E-state index contributed by atoms with van der Waals surface area (Å²) in [7, 11) is 1.69. The summed E-state index contributed by atoms with van der Waals surface area (Å²) in [6.45, 7) is 8.08. The minimum absolute atomic E-state index is 0.0945. The molecule has 27 heteroatoms. The number of β-amino-alcohol motifs (C(OH)–C–C–N with tert-alkyl or cyclic N) is 2. The average molecular weight is 1370 g/mol. The number of piperidine rings is 3. The molecule has 102 heavy (non-hydrogen) atoms. The van der Waals surface area contributed by atoms with E-state index in [9.17, 15) is 34.5 Å². The van der Waals surface area contributed by atoms with Crippen molar-refractivity contribution in [1.82, 2.24) is 68.6 Å². The standard InChI is InChI=1S/C26H26N6O2.C25H25N7O3.C24H23N7O2/c1-16-8-10-32-22(14-28-24(32)11-16)19-5-6-21(25-20(19)13-29-26(25)34)30-23-7-4-17(12-27-23)31-9-2-3-18(33)15-31;1-30-10-11-32-20(14-27-23(32)25(30)35)17-3-4-19(22-18(17)13-28-24(22)34)29-21-5-2-15(12-26-21)31-8-6-16(33)7-9-31;32-16-2-1-8-30(14-16)15-3-6-21(26-10-15)29-19-5-4-17(18-11-28-24(33)23(18)19)20-12-27-22-13-25-7-9-31(20)22/h4-8,10-12,14,18,33H,2-3,9,13,15H2,1H3,(H,27,30)(H,29,34);2-5,10-12,14,16,33H,6-9,13H2,1H3,(H,26,29)(H,28,34);3-7,9-10,12-13,16,32H,1-2,8,11,14H2,(H,26,29)(H,28,33)/t18-;;16-/m0.0/s1. The van der Waals surface area contributed by atoms with Crippen molar-refractivity contribution in [3.05, 3.63) is 209 Å². The second-order valence-corrected chi connectivity index (χ2v) is 26.4. The van der Waals surface area contributed by atoms with Crippen LogP contribution in [0.5, 0.6) is 0 Å². The molecule has 0 radical (unpaired) electrons. The number of imidazole rings is 3. The van der Waals surface area contributed by atoms with E-state index in [-0.39, 0.29) is 41.6 Å². The smallest absolute Gasteiger partial charge is 0.293 e. The molecule has 18 rings (SSSR count). The van der Waals surface area contributed by atoms with Gasteiger partial charge in [-0.05, 0) is 134 Å². The van der Waals surface area contributed by atoms with Gasteiger partial charge in [0, 0.05) is 114 Å². The third-order valence-electron chi connectivity index (χ3n) is 19.8. The molecule has 516 valence electrons. The van der Waals surface area contributed by atoms with E-state index in [0.717, 1.165) is 155 Å². The van der Waals surface area contributed by atoms with E-state index < -0.39 is 0 Å². The second kappa shape index (κ2) is 27.2. The van der Waals surface area contributed by atoms with Crippen LogP contribution in [0.3, 0.4) is 0 Å². The molecule has 6 aliphatic heterocycles. The lowest BCUT2D eigenvalue weighted by Crippen LogP contribution is -2.38. The number of hydrogen-bond acceptors (Lipinski definition) is 20. The van der Waals surface area contributed by atoms with Gasteiger partial charge in [-0.3, -0.25) is 37.4 Å². The number of benzene rings is 3. The minimum Gasteiger partial charge on any atom is -0.393 e. The fourth-order valence-electron chi connectivity index (χ4n) is 14.5. The number of carbonyl (C=O) groups is 3. The van der Waals surface area contributed by atoms with Gasteiger partial charge in [-0.2, -0.15) is 0 Å². The fraction of sp³-hybridized carbons (Fsp3) is 0.267. The zero-order valence-electron chi connectivity index (χ0n) is 56.1. The molecular weight excluding hydrogens is 1290 g/mol. The molecule has 27 nitrogen and oxygen atoms in total. The summed E-state index contributed by atoms with van der Waals surface area (Å²) in [6.07, 6.45) is 25.9. The Morgan fingerprint density at radius 2 is 0.902 bits per heavy atom. The first-order valence-corrected chi connectivity index (χ1v) is 34.3. The Morgan fingerprint density at radius 1 is 0.441 bits per heavy atom. The van der Waals surface area contributed by atoms with Gasteiger partial charge >= 0.3 is 0 Å². The summed E-state index contributed by atoms with van der Waals surface area (Å²) in [5.74, 6) is 1.61. The first-order chi connectivity index (χ1) is 49.7. The first-order valence-electron chi connectivity index (χ1n) is 34.3. The normalized spacial score (nSPS) is 17.1. The van der Waals surface area contributed by atoms with Crippen LogP contribution < -0.4 is 52.2 Å². The summed E-state index contributed by atoms with van der Waals surface area (Å²) < 4.78 is 7.27. The maximum Gasteiger partial charge on any atom is 0.293 e. The summed E-state index contributed by atoms with van der Waals surface area (Å²) in [5, 5.41) is 48.4. The molecule has 9 N–H and O–H groups in total. The molecule has 0 aliphatic carbocycles. The van der Waals surface area contributed by atoms with Crippen molar-refractivity contribution in [1.29, 1.82) is 0 Å². The van der Waals surface area contributed by atoms with Crippen LogP contribution in [-0.4, -0.2) is 143 Å². The quantitative estimate of drug-likeness (QED) is 0.0554. The van der Waals surface area contributed by atoms with Crippen LogP contribution in [0.4, 0.5) is 51.6 Å². The SMILES string of the molecule is Cc1ccn2c(-c3ccc(Nc4ccc(N5CCC[C@H](O)C5)cn4)c4c3CNC4=O)cnc2c1.Cn1ccn2c(-c3ccc(Nc4ccc(N5CCC(O)CC5)cn4)c4c3CNC4=O)cnc2c1=O.O=C1NCc2c(-c3cnc4cnccn34)ccc(Nc3ccc(N4CCC[C@H](O)C4)cn3)c21. The van der Waals surface area contributed by atoms with Crippen molar-refractivity contribution in [3.8, 4) is 33.8 Å². The summed E-state index contributed by atoms with van der Waals surface area (Å²) in [4.78, 5) is 88.3. The van der Waals surface area contributed by atoms with Gasteiger partial charge in [-0.25, -0.2) is 29.9 Å². The summed E-state index contributed by atoms with van der Waals surface area (Å²) in [5.41, 5.74) is 18.1. The van der Waals surface area contributed by atoms with E-state index in [0.29, 0.717) is 83.9 Å². The highest BCUT2D eigenvalue weighted by atomic mass is 16.3. The topological polar surface area (TPSA) is 319 Å². The third kappa shape index (κ3) is 12.6. The van der Waals surface area contributed by atoms with E-state index in [4.69, 9.17) is 0 Å². The third-order valence-corrected chi connectivity index (χ3v) is 19.8. The van der Waals surface area contributed by atoms with Crippen molar-refractivity contribution in [2.24, 2.45) is 7.05 Å². The molecule has 0 bridgehead atoms. The van der Waals surface area contributed by atoms with Gasteiger partial charge in [-0.15, -0.1) is 0 Å². The number of nitrogens with zero attached hydrogens (tertiary/aromatic N) is 14. The van der Waals surface area contributed by atoms with Crippen LogP contribution in [0, 0.1) is 6.92 Å². The molecule has 0 spiro atoms. The molecule has 0 saturated carbocycles. The number of aliphatic hydroxyl groups is 3. The molecule has 6 aliphatic rings. The van der Waals surface area contributed by atoms with Crippen LogP contribution in [0.1, 0.15) is 91.9 Å². The Labute approximate surface area is 584 Å². The van der Waals surface area contributed by atoms with Gasteiger partial charge in [0.2, 0.25) is 5.65 Å². The largest absolute Gasteiger partial charge is 0.393 e. The highest BCUT2D eigenvalue weighted by Crippen LogP contribution is 2.40. The van der Waals surface area contributed by atoms with Crippen LogP contribution >= 0.6 is 0 Å². The lowest BCUT2D eigenvalue weighted by molar-refractivity contribution is 0.0958. The molecular formula is C75H74N20O7. The van der Waals surface area contributed by atoms with Crippen molar-refractivity contribution < 1.29 is 29.7 Å². The first kappa shape index (κ1) is 64.6. The molecule has 3 aromatic carbocycles. The Morgan fingerprint density at radius 3 is 1.38 bits per heavy atom. The number of aromatic nitrogens is 11. The van der Waals surface area contributed by atoms with E-state index in [2.05, 4.69) is 92.0 Å². The van der Waals surface area contributed by atoms with Gasteiger partial charge < -0.3 is 66.5 Å². The van der Waals surface area contributed by atoms with Crippen molar-refractivity contribution in [2.45, 2.75) is 83.4 Å². The van der Waals surface area contributed by atoms with Crippen LogP contribution in [0.15, 0.2) is 164 Å². The zero-order chi connectivity index (χ0) is 69.7. The Hall–Kier alpha value is -12.1. The molecule has 12 aromatic rings. The van der Waals surface area contributed by atoms with Crippen LogP contribution in [0.25, 0.3) is 50.7 Å². The predicted octanol–water partition coefficient (Wildman–Crippen LogP) is 8.44. The maximum atomic E-state index is 12.8. The number of hydrogen-bond donors (Lipinski definition) is 9. The van der Waals surface area contributed by atoms with E-state index in [1.165, 1.54) is 4.57 Å². The van der Waals surface area contributed by atoms with E-state index in [1.54, 1.807) is 48.6 Å². The average Bonchev–Trinajstić information content (AvgIpc) is 1.59. The lowest BCUT2D eigenvalue weighted by atomic mass is 9.99. The van der Waals surface area contributed by atoms with Crippen molar-refractivity contribution in [3.63, 3.8) is 0 Å². The predicted molar refractivity (Wildman–Crippen MR) is 388 cm³/mol. The second-order valence-electron chi connectivity index (χ2n) is 26.4.